The Morgan fingerprint density at radius 2 is 1.94 bits per heavy atom. The van der Waals surface area contributed by atoms with Crippen LogP contribution in [0.3, 0.4) is 0 Å². The molecule has 0 saturated carbocycles. The number of nitrogens with zero attached hydrogens (tertiary/aromatic N) is 1. The largest absolute Gasteiger partial charge is 0.396 e. The average molecular weight is 232 g/mol. The molecule has 0 saturated heterocycles. The van der Waals surface area contributed by atoms with Crippen molar-refractivity contribution >= 4 is 23.0 Å². The molecule has 0 atom stereocenters. The van der Waals surface area contributed by atoms with Gasteiger partial charge in [-0.15, -0.1) is 0 Å². The number of benzene rings is 1. The van der Waals surface area contributed by atoms with Crippen LogP contribution in [0.4, 0.5) is 27.4 Å². The third-order valence-corrected chi connectivity index (χ3v) is 2.41. The number of nitrogens with one attached hydrogen (secondary N) is 1. The maximum atomic E-state index is 13.7. The van der Waals surface area contributed by atoms with Gasteiger partial charge < -0.3 is 16.8 Å². The summed E-state index contributed by atoms with van der Waals surface area (Å²) in [5.41, 5.74) is 12.5. The fourth-order valence-electron chi connectivity index (χ4n) is 1.44. The lowest BCUT2D eigenvalue weighted by Crippen LogP contribution is -2.02. The summed E-state index contributed by atoms with van der Waals surface area (Å²) < 4.78 is 13.7. The van der Waals surface area contributed by atoms with E-state index in [1.54, 1.807) is 37.3 Å². The molecule has 5 heteroatoms. The lowest BCUT2D eigenvalue weighted by Gasteiger charge is -2.09. The summed E-state index contributed by atoms with van der Waals surface area (Å²) in [6.07, 6.45) is 0. The number of halogens is 1. The van der Waals surface area contributed by atoms with Crippen molar-refractivity contribution in [3.63, 3.8) is 0 Å². The molecular weight excluding hydrogens is 219 g/mol. The summed E-state index contributed by atoms with van der Waals surface area (Å²) in [5, 5.41) is 2.86. The summed E-state index contributed by atoms with van der Waals surface area (Å²) in [6, 6.07) is 8.37. The molecule has 0 aliphatic rings. The molecule has 0 spiro atoms. The minimum Gasteiger partial charge on any atom is -0.396 e. The molecule has 0 aliphatic carbocycles. The second kappa shape index (κ2) is 4.29. The van der Waals surface area contributed by atoms with Gasteiger partial charge in [0.1, 0.15) is 17.5 Å². The van der Waals surface area contributed by atoms with E-state index in [4.69, 9.17) is 11.5 Å². The highest BCUT2D eigenvalue weighted by atomic mass is 19.1. The van der Waals surface area contributed by atoms with Gasteiger partial charge in [0.2, 0.25) is 0 Å². The van der Waals surface area contributed by atoms with E-state index in [0.717, 1.165) is 0 Å². The van der Waals surface area contributed by atoms with E-state index in [2.05, 4.69) is 10.3 Å². The van der Waals surface area contributed by atoms with Gasteiger partial charge in [-0.2, -0.15) is 0 Å². The van der Waals surface area contributed by atoms with Crippen molar-refractivity contribution < 1.29 is 4.39 Å². The van der Waals surface area contributed by atoms with Crippen LogP contribution < -0.4 is 16.8 Å². The Kier molecular flexibility index (Phi) is 2.82. The van der Waals surface area contributed by atoms with Crippen molar-refractivity contribution in [2.45, 2.75) is 6.92 Å². The van der Waals surface area contributed by atoms with Gasteiger partial charge in [0.05, 0.1) is 11.4 Å². The quantitative estimate of drug-likeness (QED) is 0.743. The summed E-state index contributed by atoms with van der Waals surface area (Å²) in [6.45, 7) is 1.70. The van der Waals surface area contributed by atoms with Crippen LogP contribution in [0, 0.1) is 12.7 Å². The molecule has 88 valence electrons. The molecule has 5 N–H and O–H groups in total. The molecule has 2 aromatic rings. The molecule has 0 unspecified atom stereocenters. The van der Waals surface area contributed by atoms with Crippen LogP contribution >= 0.6 is 0 Å². The number of hydrogen-bond donors (Lipinski definition) is 3. The molecule has 0 fully saturated rings. The van der Waals surface area contributed by atoms with E-state index in [9.17, 15) is 4.39 Å². The van der Waals surface area contributed by atoms with Gasteiger partial charge in [-0.3, -0.25) is 0 Å². The van der Waals surface area contributed by atoms with Crippen LogP contribution in [0.25, 0.3) is 0 Å². The van der Waals surface area contributed by atoms with Crippen LogP contribution in [-0.4, -0.2) is 4.98 Å². The first-order chi connectivity index (χ1) is 8.08. The normalized spacial score (nSPS) is 10.2. The molecule has 17 heavy (non-hydrogen) atoms. The molecule has 1 heterocycles. The number of anilines is 4. The zero-order chi connectivity index (χ0) is 12.4. The monoisotopic (exact) mass is 232 g/mol. The van der Waals surface area contributed by atoms with Crippen LogP contribution in [0.1, 0.15) is 5.56 Å². The fraction of sp³-hybridized carbons (Fsp3) is 0.0833. The Morgan fingerprint density at radius 3 is 2.65 bits per heavy atom. The summed E-state index contributed by atoms with van der Waals surface area (Å²) >= 11 is 0. The van der Waals surface area contributed by atoms with Crippen molar-refractivity contribution in [3.05, 3.63) is 41.7 Å². The van der Waals surface area contributed by atoms with Crippen molar-refractivity contribution in [2.24, 2.45) is 0 Å². The minimum atomic E-state index is -0.301. The van der Waals surface area contributed by atoms with E-state index >= 15 is 0 Å². The summed E-state index contributed by atoms with van der Waals surface area (Å²) in [4.78, 5) is 4.01. The Bertz CT molecular complexity index is 554. The molecule has 1 aromatic heterocycles. The van der Waals surface area contributed by atoms with Gasteiger partial charge >= 0.3 is 0 Å². The van der Waals surface area contributed by atoms with Crippen LogP contribution in [-0.2, 0) is 0 Å². The number of nitrogen functional groups attached to an aromatic ring is 2. The number of pyridine rings is 1. The average Bonchev–Trinajstić information content (AvgIpc) is 2.30. The first-order valence-corrected chi connectivity index (χ1v) is 5.12. The molecule has 0 amide bonds. The number of aryl methyl sites for hydroxylation is 1. The highest BCUT2D eigenvalue weighted by Gasteiger charge is 2.06. The van der Waals surface area contributed by atoms with Gasteiger partial charge in [0.25, 0.3) is 0 Å². The SMILES string of the molecule is Cc1cccc(Nc2ccc(N)c(N)n2)c1F. The second-order valence-electron chi connectivity index (χ2n) is 3.73. The van der Waals surface area contributed by atoms with Gasteiger partial charge in [0.15, 0.2) is 0 Å². The third-order valence-electron chi connectivity index (χ3n) is 2.41. The minimum absolute atomic E-state index is 0.225. The Hall–Kier alpha value is -2.30. The Labute approximate surface area is 98.5 Å². The lowest BCUT2D eigenvalue weighted by molar-refractivity contribution is 0.622. The first-order valence-electron chi connectivity index (χ1n) is 5.12. The highest BCUT2D eigenvalue weighted by molar-refractivity contribution is 5.65. The number of rotatable bonds is 2. The smallest absolute Gasteiger partial charge is 0.149 e. The summed E-state index contributed by atoms with van der Waals surface area (Å²) in [7, 11) is 0. The lowest BCUT2D eigenvalue weighted by atomic mass is 10.2. The molecule has 4 nitrogen and oxygen atoms in total. The van der Waals surface area contributed by atoms with Crippen LogP contribution in [0.15, 0.2) is 30.3 Å². The van der Waals surface area contributed by atoms with Crippen molar-refractivity contribution in [1.29, 1.82) is 0 Å². The summed E-state index contributed by atoms with van der Waals surface area (Å²) in [5.74, 6) is 0.383. The Morgan fingerprint density at radius 1 is 1.18 bits per heavy atom. The zero-order valence-electron chi connectivity index (χ0n) is 9.37. The standard InChI is InChI=1S/C12H13FN4/c1-7-3-2-4-9(11(7)13)16-10-6-5-8(14)12(15)17-10/h2-6H,14H2,1H3,(H3,15,16,17). The zero-order valence-corrected chi connectivity index (χ0v) is 9.37. The number of aromatic nitrogens is 1. The first kappa shape index (κ1) is 11.2. The Balaban J connectivity index is 2.31. The van der Waals surface area contributed by atoms with Crippen molar-refractivity contribution in [1.82, 2.24) is 4.98 Å². The van der Waals surface area contributed by atoms with Crippen LogP contribution in [0.2, 0.25) is 0 Å². The topological polar surface area (TPSA) is 77.0 Å². The predicted octanol–water partition coefficient (Wildman–Crippen LogP) is 2.44. The maximum Gasteiger partial charge on any atom is 0.149 e. The van der Waals surface area contributed by atoms with Gasteiger partial charge in [-0.05, 0) is 30.7 Å². The molecular formula is C12H13FN4. The van der Waals surface area contributed by atoms with Gasteiger partial charge in [-0.25, -0.2) is 9.37 Å². The van der Waals surface area contributed by atoms with Gasteiger partial charge in [0, 0.05) is 0 Å². The van der Waals surface area contributed by atoms with Crippen molar-refractivity contribution in [3.8, 4) is 0 Å². The molecule has 1 aromatic carbocycles. The van der Waals surface area contributed by atoms with Crippen molar-refractivity contribution in [2.75, 3.05) is 16.8 Å². The maximum absolute atomic E-state index is 13.7. The van der Waals surface area contributed by atoms with E-state index < -0.39 is 0 Å². The van der Waals surface area contributed by atoms with Crippen LogP contribution in [0.5, 0.6) is 0 Å². The third kappa shape index (κ3) is 2.28. The second-order valence-corrected chi connectivity index (χ2v) is 3.73. The van der Waals surface area contributed by atoms with Gasteiger partial charge in [-0.1, -0.05) is 12.1 Å². The number of hydrogen-bond acceptors (Lipinski definition) is 4. The van der Waals surface area contributed by atoms with E-state index in [0.29, 0.717) is 22.8 Å². The molecule has 2 rings (SSSR count). The molecule has 0 aliphatic heterocycles. The molecule has 0 radical (unpaired) electrons. The van der Waals surface area contributed by atoms with E-state index in [-0.39, 0.29) is 11.6 Å². The molecule has 0 bridgehead atoms. The number of nitrogens with two attached hydrogens (primary N) is 2. The predicted molar refractivity (Wildman–Crippen MR) is 67.5 cm³/mol. The highest BCUT2D eigenvalue weighted by Crippen LogP contribution is 2.22. The van der Waals surface area contributed by atoms with E-state index in [1.807, 2.05) is 0 Å². The van der Waals surface area contributed by atoms with E-state index in [1.165, 1.54) is 0 Å². The fourth-order valence-corrected chi connectivity index (χ4v) is 1.44.